The Balaban J connectivity index is 1.53. The molecular weight excluding hydrogens is 322 g/mol. The average Bonchev–Trinajstić information content (AvgIpc) is 3.09. The summed E-state index contributed by atoms with van der Waals surface area (Å²) in [4.78, 5) is 23.7. The van der Waals surface area contributed by atoms with Crippen LogP contribution in [0.25, 0.3) is 11.0 Å². The third-order valence-electron chi connectivity index (χ3n) is 3.33. The predicted octanol–water partition coefficient (Wildman–Crippen LogP) is 2.14. The van der Waals surface area contributed by atoms with Crippen molar-refractivity contribution in [1.29, 1.82) is 5.26 Å². The fraction of sp³-hybridized carbons (Fsp3) is 0.0556. The summed E-state index contributed by atoms with van der Waals surface area (Å²) in [6.07, 6.45) is 0. The largest absolute Gasteiger partial charge is 0.482 e. The fourth-order valence-corrected chi connectivity index (χ4v) is 2.15. The lowest BCUT2D eigenvalue weighted by molar-refractivity contribution is -0.123. The molecule has 2 amide bonds. The standard InChI is InChI=1S/C18H13N3O4/c19-10-13-6-2-3-7-14(13)24-11-17(22)20-21-18(23)16-9-12-5-1-4-8-15(12)25-16/h1-9H,11H2,(H,20,22)(H,21,23). The summed E-state index contributed by atoms with van der Waals surface area (Å²) in [7, 11) is 0. The molecular formula is C18H13N3O4. The van der Waals surface area contributed by atoms with Crippen LogP contribution in [0.2, 0.25) is 0 Å². The van der Waals surface area contributed by atoms with Crippen molar-refractivity contribution in [1.82, 2.24) is 10.9 Å². The van der Waals surface area contributed by atoms with E-state index >= 15 is 0 Å². The van der Waals surface area contributed by atoms with Crippen molar-refractivity contribution in [3.63, 3.8) is 0 Å². The maximum Gasteiger partial charge on any atom is 0.305 e. The molecule has 0 radical (unpaired) electrons. The Bertz CT molecular complexity index is 939. The van der Waals surface area contributed by atoms with E-state index in [2.05, 4.69) is 10.9 Å². The molecule has 1 heterocycles. The first-order chi connectivity index (χ1) is 12.2. The van der Waals surface area contributed by atoms with Crippen molar-refractivity contribution in [2.75, 3.05) is 6.61 Å². The van der Waals surface area contributed by atoms with E-state index in [0.29, 0.717) is 16.9 Å². The maximum absolute atomic E-state index is 12.0. The molecule has 1 aromatic heterocycles. The van der Waals surface area contributed by atoms with E-state index in [0.717, 1.165) is 5.39 Å². The summed E-state index contributed by atoms with van der Waals surface area (Å²) < 4.78 is 10.7. The van der Waals surface area contributed by atoms with Crippen molar-refractivity contribution in [2.24, 2.45) is 0 Å². The van der Waals surface area contributed by atoms with Gasteiger partial charge < -0.3 is 9.15 Å². The van der Waals surface area contributed by atoms with Crippen molar-refractivity contribution in [3.05, 3.63) is 65.9 Å². The monoisotopic (exact) mass is 335 g/mol. The predicted molar refractivity (Wildman–Crippen MR) is 88.5 cm³/mol. The van der Waals surface area contributed by atoms with Crippen LogP contribution < -0.4 is 15.6 Å². The van der Waals surface area contributed by atoms with Crippen LogP contribution in [-0.2, 0) is 4.79 Å². The van der Waals surface area contributed by atoms with Gasteiger partial charge in [0.1, 0.15) is 17.4 Å². The Labute approximate surface area is 142 Å². The first-order valence-electron chi connectivity index (χ1n) is 7.37. The zero-order valence-corrected chi connectivity index (χ0v) is 13.0. The SMILES string of the molecule is N#Cc1ccccc1OCC(=O)NNC(=O)c1cc2ccccc2o1. The molecule has 2 N–H and O–H groups in total. The molecule has 0 atom stereocenters. The van der Waals surface area contributed by atoms with E-state index < -0.39 is 11.8 Å². The van der Waals surface area contributed by atoms with Crippen molar-refractivity contribution in [2.45, 2.75) is 0 Å². The maximum atomic E-state index is 12.0. The topological polar surface area (TPSA) is 104 Å². The molecule has 124 valence electrons. The number of carbonyl (C=O) groups excluding carboxylic acids is 2. The highest BCUT2D eigenvalue weighted by Gasteiger charge is 2.13. The summed E-state index contributed by atoms with van der Waals surface area (Å²) in [6.45, 7) is -0.348. The van der Waals surface area contributed by atoms with Gasteiger partial charge in [0.15, 0.2) is 12.4 Å². The summed E-state index contributed by atoms with van der Waals surface area (Å²) >= 11 is 0. The van der Waals surface area contributed by atoms with Gasteiger partial charge in [-0.25, -0.2) is 0 Å². The molecule has 0 unspecified atom stereocenters. The molecule has 0 spiro atoms. The molecule has 0 aliphatic rings. The number of para-hydroxylation sites is 2. The first kappa shape index (κ1) is 16.1. The Hall–Kier alpha value is -3.79. The summed E-state index contributed by atoms with van der Waals surface area (Å²) in [5, 5.41) is 9.74. The molecule has 7 heteroatoms. The zero-order valence-electron chi connectivity index (χ0n) is 13.0. The molecule has 0 saturated carbocycles. The molecule has 2 aromatic carbocycles. The minimum Gasteiger partial charge on any atom is -0.482 e. The third-order valence-corrected chi connectivity index (χ3v) is 3.33. The van der Waals surface area contributed by atoms with Gasteiger partial charge >= 0.3 is 5.91 Å². The molecule has 0 bridgehead atoms. The number of carbonyl (C=O) groups is 2. The highest BCUT2D eigenvalue weighted by Crippen LogP contribution is 2.18. The number of nitrogens with zero attached hydrogens (tertiary/aromatic N) is 1. The Kier molecular flexibility index (Phi) is 4.62. The van der Waals surface area contributed by atoms with Crippen LogP contribution in [0.5, 0.6) is 5.75 Å². The molecule has 7 nitrogen and oxygen atoms in total. The number of rotatable bonds is 4. The highest BCUT2D eigenvalue weighted by atomic mass is 16.5. The summed E-state index contributed by atoms with van der Waals surface area (Å²) in [6, 6.07) is 17.3. The van der Waals surface area contributed by atoms with Gasteiger partial charge in [-0.15, -0.1) is 0 Å². The summed E-state index contributed by atoms with van der Waals surface area (Å²) in [5.74, 6) is -0.778. The lowest BCUT2D eigenvalue weighted by Gasteiger charge is -2.08. The quantitative estimate of drug-likeness (QED) is 0.711. The average molecular weight is 335 g/mol. The normalized spacial score (nSPS) is 10.0. The van der Waals surface area contributed by atoms with Crippen LogP contribution in [0.15, 0.2) is 59.0 Å². The van der Waals surface area contributed by atoms with Gasteiger partial charge in [0.2, 0.25) is 0 Å². The third kappa shape index (κ3) is 3.76. The minimum absolute atomic E-state index is 0.0808. The van der Waals surface area contributed by atoms with Gasteiger partial charge in [0.05, 0.1) is 5.56 Å². The molecule has 0 aliphatic heterocycles. The molecule has 0 fully saturated rings. The zero-order chi connectivity index (χ0) is 17.6. The molecule has 0 aliphatic carbocycles. The lowest BCUT2D eigenvalue weighted by atomic mass is 10.2. The van der Waals surface area contributed by atoms with Crippen LogP contribution in [0.1, 0.15) is 16.1 Å². The van der Waals surface area contributed by atoms with E-state index in [1.807, 2.05) is 18.2 Å². The molecule has 3 rings (SSSR count). The highest BCUT2D eigenvalue weighted by molar-refractivity contribution is 5.97. The van der Waals surface area contributed by atoms with Gasteiger partial charge in [-0.2, -0.15) is 5.26 Å². The van der Waals surface area contributed by atoms with E-state index in [1.54, 1.807) is 42.5 Å². The Morgan fingerprint density at radius 1 is 1.08 bits per heavy atom. The second-order valence-corrected chi connectivity index (χ2v) is 5.05. The second-order valence-electron chi connectivity index (χ2n) is 5.05. The van der Waals surface area contributed by atoms with E-state index in [4.69, 9.17) is 14.4 Å². The van der Waals surface area contributed by atoms with Crippen LogP contribution >= 0.6 is 0 Å². The number of hydrazine groups is 1. The van der Waals surface area contributed by atoms with Crippen molar-refractivity contribution in [3.8, 4) is 11.8 Å². The number of nitrogens with one attached hydrogen (secondary N) is 2. The number of hydrogen-bond acceptors (Lipinski definition) is 5. The number of hydrogen-bond donors (Lipinski definition) is 2. The van der Waals surface area contributed by atoms with E-state index in [1.165, 1.54) is 0 Å². The van der Waals surface area contributed by atoms with Crippen LogP contribution in [0.4, 0.5) is 0 Å². The smallest absolute Gasteiger partial charge is 0.305 e. The minimum atomic E-state index is -0.582. The van der Waals surface area contributed by atoms with Gasteiger partial charge in [0.25, 0.3) is 5.91 Å². The fourth-order valence-electron chi connectivity index (χ4n) is 2.15. The van der Waals surface area contributed by atoms with Gasteiger partial charge in [0, 0.05) is 5.39 Å². The molecule has 3 aromatic rings. The number of amides is 2. The van der Waals surface area contributed by atoms with Gasteiger partial charge in [-0.3, -0.25) is 20.4 Å². The number of benzene rings is 2. The van der Waals surface area contributed by atoms with Gasteiger partial charge in [-0.05, 0) is 24.3 Å². The molecule has 25 heavy (non-hydrogen) atoms. The van der Waals surface area contributed by atoms with Gasteiger partial charge in [-0.1, -0.05) is 30.3 Å². The number of fused-ring (bicyclic) bond motifs is 1. The van der Waals surface area contributed by atoms with E-state index in [9.17, 15) is 9.59 Å². The second kappa shape index (κ2) is 7.19. The lowest BCUT2D eigenvalue weighted by Crippen LogP contribution is -2.43. The van der Waals surface area contributed by atoms with Crippen molar-refractivity contribution < 1.29 is 18.7 Å². The number of nitriles is 1. The van der Waals surface area contributed by atoms with Crippen LogP contribution in [0.3, 0.4) is 0 Å². The Morgan fingerprint density at radius 2 is 1.84 bits per heavy atom. The first-order valence-corrected chi connectivity index (χ1v) is 7.37. The number of ether oxygens (including phenoxy) is 1. The summed E-state index contributed by atoms with van der Waals surface area (Å²) in [5.41, 5.74) is 5.37. The van der Waals surface area contributed by atoms with Crippen LogP contribution in [0, 0.1) is 11.3 Å². The van der Waals surface area contributed by atoms with Crippen molar-refractivity contribution >= 4 is 22.8 Å². The molecule has 0 saturated heterocycles. The Morgan fingerprint density at radius 3 is 2.64 bits per heavy atom. The van der Waals surface area contributed by atoms with E-state index in [-0.39, 0.29) is 12.4 Å². The van der Waals surface area contributed by atoms with Crippen LogP contribution in [-0.4, -0.2) is 18.4 Å². The number of furan rings is 1.